The zero-order valence-electron chi connectivity index (χ0n) is 22.5. The highest BCUT2D eigenvalue weighted by Gasteiger charge is 2.44. The summed E-state index contributed by atoms with van der Waals surface area (Å²) in [5, 5.41) is 16.3. The maximum absolute atomic E-state index is 14.1. The van der Waals surface area contributed by atoms with E-state index in [0.29, 0.717) is 42.0 Å². The summed E-state index contributed by atoms with van der Waals surface area (Å²) in [4.78, 5) is 42.0. The Morgan fingerprint density at radius 1 is 1.11 bits per heavy atom. The monoisotopic (exact) mass is 543 g/mol. The molecule has 1 aliphatic rings. The van der Waals surface area contributed by atoms with E-state index >= 15 is 0 Å². The fourth-order valence-corrected chi connectivity index (χ4v) is 4.49. The Kier molecular flexibility index (Phi) is 9.90. The number of phenolic OH excluding ortho intramolecular Hbond substituents is 1. The van der Waals surface area contributed by atoms with Crippen LogP contribution in [0, 0.1) is 0 Å². The fourth-order valence-electron chi connectivity index (χ4n) is 4.01. The molecule has 0 bridgehead atoms. The molecule has 2 aromatic carbocycles. The van der Waals surface area contributed by atoms with E-state index in [2.05, 4.69) is 10.6 Å². The number of ether oxygens (including phenoxy) is 2. The van der Waals surface area contributed by atoms with Crippen LogP contribution in [0.5, 0.6) is 11.5 Å². The molecule has 0 aromatic heterocycles. The van der Waals surface area contributed by atoms with Crippen molar-refractivity contribution in [2.24, 2.45) is 0 Å². The first-order valence-electron chi connectivity index (χ1n) is 12.6. The summed E-state index contributed by atoms with van der Waals surface area (Å²) in [5.41, 5.74) is 0.0918. The number of nitrogens with one attached hydrogen (secondary N) is 2. The number of nitrogens with zero attached hydrogens (tertiary/aromatic N) is 1. The number of carbonyl (C=O) groups excluding carboxylic acids is 3. The van der Waals surface area contributed by atoms with Gasteiger partial charge < -0.3 is 30.1 Å². The van der Waals surface area contributed by atoms with Gasteiger partial charge >= 0.3 is 6.09 Å². The number of amides is 3. The highest BCUT2D eigenvalue weighted by atomic mass is 32.2. The lowest BCUT2D eigenvalue weighted by Crippen LogP contribution is -2.53. The van der Waals surface area contributed by atoms with Gasteiger partial charge in [-0.05, 0) is 82.4 Å². The van der Waals surface area contributed by atoms with Gasteiger partial charge in [-0.15, -0.1) is 0 Å². The number of hydrogen-bond acceptors (Lipinski definition) is 7. The molecule has 0 aliphatic heterocycles. The normalized spacial score (nSPS) is 14.7. The summed E-state index contributed by atoms with van der Waals surface area (Å²) in [6, 6.07) is 11.1. The molecule has 1 fully saturated rings. The highest BCUT2D eigenvalue weighted by Crippen LogP contribution is 2.39. The van der Waals surface area contributed by atoms with E-state index < -0.39 is 35.6 Å². The van der Waals surface area contributed by atoms with Crippen molar-refractivity contribution in [2.75, 3.05) is 24.4 Å². The molecule has 3 N–H and O–H groups in total. The van der Waals surface area contributed by atoms with Crippen LogP contribution in [-0.2, 0) is 14.3 Å². The molecule has 10 heteroatoms. The standard InChI is InChI=1S/C28H37N3O6S/c1-28(2,3)37-27(35)30-22(16-17-38-5)26(34)31(19-12-13-19)24(21-8-6-7-9-23(21)32)25(33)29-18-10-14-20(36-4)15-11-18/h6-11,14-15,19,22,24,32H,12-13,16-17H2,1-5H3,(H,29,33)(H,30,35). The molecular formula is C28H37N3O6S. The number of anilines is 1. The van der Waals surface area contributed by atoms with Crippen molar-refractivity contribution in [3.05, 3.63) is 54.1 Å². The van der Waals surface area contributed by atoms with E-state index in [9.17, 15) is 19.5 Å². The third-order valence-electron chi connectivity index (χ3n) is 5.91. The number of alkyl carbamates (subject to hydrolysis) is 1. The SMILES string of the molecule is COc1ccc(NC(=O)C(c2ccccc2O)N(C(=O)C(CCSC)NC(=O)OC(C)(C)C)C2CC2)cc1. The van der Waals surface area contributed by atoms with Gasteiger partial charge in [0.1, 0.15) is 29.2 Å². The predicted molar refractivity (Wildman–Crippen MR) is 148 cm³/mol. The third kappa shape index (κ3) is 8.05. The predicted octanol–water partition coefficient (Wildman–Crippen LogP) is 4.72. The Morgan fingerprint density at radius 3 is 2.32 bits per heavy atom. The van der Waals surface area contributed by atoms with Crippen molar-refractivity contribution in [3.63, 3.8) is 0 Å². The molecule has 3 rings (SSSR count). The van der Waals surface area contributed by atoms with Gasteiger partial charge in [-0.3, -0.25) is 9.59 Å². The Balaban J connectivity index is 1.96. The zero-order chi connectivity index (χ0) is 27.9. The quantitative estimate of drug-likeness (QED) is 0.375. The second-order valence-electron chi connectivity index (χ2n) is 10.1. The Morgan fingerprint density at radius 2 is 1.76 bits per heavy atom. The van der Waals surface area contributed by atoms with Crippen LogP contribution in [0.3, 0.4) is 0 Å². The summed E-state index contributed by atoms with van der Waals surface area (Å²) in [6.45, 7) is 5.25. The van der Waals surface area contributed by atoms with Gasteiger partial charge in [0.25, 0.3) is 5.91 Å². The minimum Gasteiger partial charge on any atom is -0.508 e. The average molecular weight is 544 g/mol. The van der Waals surface area contributed by atoms with Gasteiger partial charge in [0, 0.05) is 17.3 Å². The minimum atomic E-state index is -1.12. The lowest BCUT2D eigenvalue weighted by molar-refractivity contribution is -0.141. The lowest BCUT2D eigenvalue weighted by atomic mass is 10.0. The lowest BCUT2D eigenvalue weighted by Gasteiger charge is -2.35. The molecule has 0 heterocycles. The van der Waals surface area contributed by atoms with Crippen LogP contribution >= 0.6 is 11.8 Å². The van der Waals surface area contributed by atoms with Crippen molar-refractivity contribution in [1.82, 2.24) is 10.2 Å². The zero-order valence-corrected chi connectivity index (χ0v) is 23.3. The number of hydrogen-bond donors (Lipinski definition) is 3. The number of aromatic hydroxyl groups is 1. The number of thioether (sulfide) groups is 1. The third-order valence-corrected chi connectivity index (χ3v) is 6.55. The van der Waals surface area contributed by atoms with Crippen molar-refractivity contribution >= 4 is 35.4 Å². The second kappa shape index (κ2) is 12.9. The molecule has 3 amide bonds. The van der Waals surface area contributed by atoms with E-state index in [1.54, 1.807) is 82.1 Å². The molecule has 206 valence electrons. The van der Waals surface area contributed by atoms with Crippen LogP contribution in [0.15, 0.2) is 48.5 Å². The van der Waals surface area contributed by atoms with E-state index in [1.165, 1.54) is 11.0 Å². The summed E-state index contributed by atoms with van der Waals surface area (Å²) in [7, 11) is 1.56. The molecule has 2 unspecified atom stereocenters. The molecular weight excluding hydrogens is 506 g/mol. The summed E-state index contributed by atoms with van der Waals surface area (Å²) >= 11 is 1.55. The smallest absolute Gasteiger partial charge is 0.408 e. The first-order valence-corrected chi connectivity index (χ1v) is 14.0. The molecule has 0 spiro atoms. The second-order valence-corrected chi connectivity index (χ2v) is 11.1. The number of phenols is 1. The number of rotatable bonds is 11. The Bertz CT molecular complexity index is 1110. The summed E-state index contributed by atoms with van der Waals surface area (Å²) < 4.78 is 10.6. The van der Waals surface area contributed by atoms with Crippen LogP contribution in [0.2, 0.25) is 0 Å². The van der Waals surface area contributed by atoms with Gasteiger partial charge in [0.2, 0.25) is 5.91 Å². The van der Waals surface area contributed by atoms with E-state index in [0.717, 1.165) is 0 Å². The van der Waals surface area contributed by atoms with Crippen molar-refractivity contribution in [1.29, 1.82) is 0 Å². The number of carbonyl (C=O) groups is 3. The molecule has 0 saturated heterocycles. The van der Waals surface area contributed by atoms with Crippen LogP contribution in [0.1, 0.15) is 51.6 Å². The van der Waals surface area contributed by atoms with Crippen molar-refractivity contribution < 1.29 is 29.0 Å². The van der Waals surface area contributed by atoms with Crippen molar-refractivity contribution in [3.8, 4) is 11.5 Å². The van der Waals surface area contributed by atoms with E-state index in [1.807, 2.05) is 6.26 Å². The molecule has 1 aliphatic carbocycles. The van der Waals surface area contributed by atoms with Gasteiger partial charge in [-0.25, -0.2) is 4.79 Å². The van der Waals surface area contributed by atoms with Gasteiger partial charge in [0.15, 0.2) is 0 Å². The topological polar surface area (TPSA) is 117 Å². The Labute approximate surface area is 228 Å². The summed E-state index contributed by atoms with van der Waals surface area (Å²) in [5.74, 6) is 0.286. The molecule has 1 saturated carbocycles. The van der Waals surface area contributed by atoms with Crippen LogP contribution in [0.4, 0.5) is 10.5 Å². The minimum absolute atomic E-state index is 0.0957. The van der Waals surface area contributed by atoms with Crippen LogP contribution < -0.4 is 15.4 Å². The van der Waals surface area contributed by atoms with Gasteiger partial charge in [-0.2, -0.15) is 11.8 Å². The van der Waals surface area contributed by atoms with Crippen molar-refractivity contribution in [2.45, 2.75) is 63.8 Å². The first kappa shape index (κ1) is 29.2. The molecule has 2 atom stereocenters. The van der Waals surface area contributed by atoms with Gasteiger partial charge in [-0.1, -0.05) is 18.2 Å². The average Bonchev–Trinajstić information content (AvgIpc) is 3.69. The Hall–Kier alpha value is -3.40. The van der Waals surface area contributed by atoms with E-state index in [4.69, 9.17) is 9.47 Å². The summed E-state index contributed by atoms with van der Waals surface area (Å²) in [6.07, 6.45) is 3.01. The van der Waals surface area contributed by atoms with E-state index in [-0.39, 0.29) is 11.8 Å². The number of para-hydroxylation sites is 1. The maximum atomic E-state index is 14.1. The maximum Gasteiger partial charge on any atom is 0.408 e. The first-order chi connectivity index (χ1) is 18.0. The number of methoxy groups -OCH3 is 1. The molecule has 2 aromatic rings. The van der Waals surface area contributed by atoms with Crippen LogP contribution in [-0.4, -0.2) is 64.7 Å². The number of benzene rings is 2. The largest absolute Gasteiger partial charge is 0.508 e. The molecule has 0 radical (unpaired) electrons. The molecule has 38 heavy (non-hydrogen) atoms. The highest BCUT2D eigenvalue weighted by molar-refractivity contribution is 7.98. The molecule has 9 nitrogen and oxygen atoms in total. The van der Waals surface area contributed by atoms with Gasteiger partial charge in [0.05, 0.1) is 7.11 Å². The van der Waals surface area contributed by atoms with Crippen LogP contribution in [0.25, 0.3) is 0 Å². The fraction of sp³-hybridized carbons (Fsp3) is 0.464.